The summed E-state index contributed by atoms with van der Waals surface area (Å²) in [5.74, 6) is 0.981. The summed E-state index contributed by atoms with van der Waals surface area (Å²) in [6, 6.07) is 8.97. The van der Waals surface area contributed by atoms with E-state index in [9.17, 15) is 0 Å². The van der Waals surface area contributed by atoms with E-state index in [2.05, 4.69) is 38.2 Å². The largest absolute Gasteiger partial charge is 0.493 e. The first-order chi connectivity index (χ1) is 7.72. The molecular formula is C14H24NO+. The van der Waals surface area contributed by atoms with Crippen molar-refractivity contribution in [1.29, 1.82) is 0 Å². The average Bonchev–Trinajstić information content (AvgIpc) is 2.31. The van der Waals surface area contributed by atoms with Gasteiger partial charge in [-0.15, -0.1) is 0 Å². The molecule has 0 aliphatic carbocycles. The van der Waals surface area contributed by atoms with Gasteiger partial charge >= 0.3 is 0 Å². The van der Waals surface area contributed by atoms with Gasteiger partial charge in [-0.1, -0.05) is 24.6 Å². The maximum atomic E-state index is 5.66. The molecule has 0 heterocycles. The van der Waals surface area contributed by atoms with E-state index in [4.69, 9.17) is 4.74 Å². The number of aryl methyl sites for hydroxylation is 1. The quantitative estimate of drug-likeness (QED) is 0.703. The molecule has 2 N–H and O–H groups in total. The lowest BCUT2D eigenvalue weighted by molar-refractivity contribution is -0.686. The van der Waals surface area contributed by atoms with Crippen molar-refractivity contribution in [2.75, 3.05) is 13.2 Å². The zero-order valence-electron chi connectivity index (χ0n) is 10.7. The molecule has 0 bridgehead atoms. The summed E-state index contributed by atoms with van der Waals surface area (Å²) in [5, 5.41) is 2.39. The first-order valence-corrected chi connectivity index (χ1v) is 6.25. The van der Waals surface area contributed by atoms with Gasteiger partial charge < -0.3 is 10.1 Å². The van der Waals surface area contributed by atoms with Crippen LogP contribution in [-0.2, 0) is 0 Å². The number of benzene rings is 1. The summed E-state index contributed by atoms with van der Waals surface area (Å²) in [5.41, 5.74) is 1.28. The van der Waals surface area contributed by atoms with Crippen LogP contribution in [0.25, 0.3) is 0 Å². The molecule has 0 aliphatic heterocycles. The number of nitrogens with two attached hydrogens (primary N) is 1. The van der Waals surface area contributed by atoms with E-state index in [1.54, 1.807) is 0 Å². The minimum atomic E-state index is 0.736. The molecule has 0 spiro atoms. The maximum Gasteiger partial charge on any atom is 0.119 e. The number of rotatable bonds is 7. The Morgan fingerprint density at radius 1 is 1.25 bits per heavy atom. The zero-order valence-corrected chi connectivity index (χ0v) is 10.7. The van der Waals surface area contributed by atoms with Crippen LogP contribution in [0, 0.1) is 6.92 Å². The maximum absolute atomic E-state index is 5.66. The van der Waals surface area contributed by atoms with E-state index in [0.717, 1.165) is 31.4 Å². The van der Waals surface area contributed by atoms with Gasteiger partial charge in [-0.05, 0) is 32.4 Å². The Kier molecular flexibility index (Phi) is 5.94. The van der Waals surface area contributed by atoms with E-state index >= 15 is 0 Å². The van der Waals surface area contributed by atoms with Crippen molar-refractivity contribution in [1.82, 2.24) is 0 Å². The molecule has 1 aromatic rings. The highest BCUT2D eigenvalue weighted by Crippen LogP contribution is 2.11. The molecule has 1 atom stereocenters. The van der Waals surface area contributed by atoms with Gasteiger partial charge in [0.05, 0.1) is 19.2 Å². The fraction of sp³-hybridized carbons (Fsp3) is 0.571. The Bertz CT molecular complexity index is 281. The van der Waals surface area contributed by atoms with Crippen LogP contribution in [0.2, 0.25) is 0 Å². The van der Waals surface area contributed by atoms with Crippen LogP contribution in [-0.4, -0.2) is 19.2 Å². The second kappa shape index (κ2) is 7.29. The van der Waals surface area contributed by atoms with Gasteiger partial charge in [0.25, 0.3) is 0 Å². The lowest BCUT2D eigenvalue weighted by Gasteiger charge is -2.09. The molecule has 0 saturated carbocycles. The van der Waals surface area contributed by atoms with Crippen LogP contribution in [0.5, 0.6) is 5.75 Å². The Balaban J connectivity index is 2.09. The Hall–Kier alpha value is -1.02. The Labute approximate surface area is 99.0 Å². The van der Waals surface area contributed by atoms with Crippen LogP contribution in [0.15, 0.2) is 24.3 Å². The summed E-state index contributed by atoms with van der Waals surface area (Å²) < 4.78 is 5.66. The molecule has 0 saturated heterocycles. The highest BCUT2D eigenvalue weighted by atomic mass is 16.5. The van der Waals surface area contributed by atoms with Gasteiger partial charge in [0.1, 0.15) is 5.75 Å². The van der Waals surface area contributed by atoms with Crippen molar-refractivity contribution in [3.05, 3.63) is 29.8 Å². The van der Waals surface area contributed by atoms with Crippen molar-refractivity contribution < 1.29 is 10.1 Å². The number of ether oxygens (including phenoxy) is 1. The second-order valence-electron chi connectivity index (χ2n) is 4.42. The molecular weight excluding hydrogens is 198 g/mol. The minimum absolute atomic E-state index is 0.736. The predicted octanol–water partition coefficient (Wildman–Crippen LogP) is 2.13. The van der Waals surface area contributed by atoms with Crippen molar-refractivity contribution in [2.45, 2.75) is 39.7 Å². The lowest BCUT2D eigenvalue weighted by Crippen LogP contribution is -2.89. The predicted molar refractivity (Wildman–Crippen MR) is 67.8 cm³/mol. The van der Waals surface area contributed by atoms with Crippen LogP contribution in [0.3, 0.4) is 0 Å². The molecule has 1 aromatic carbocycles. The van der Waals surface area contributed by atoms with E-state index in [1.165, 1.54) is 12.0 Å². The molecule has 16 heavy (non-hydrogen) atoms. The van der Waals surface area contributed by atoms with Gasteiger partial charge in [-0.25, -0.2) is 0 Å². The number of hydrogen-bond acceptors (Lipinski definition) is 1. The number of quaternary nitrogens is 1. The zero-order chi connectivity index (χ0) is 11.8. The smallest absolute Gasteiger partial charge is 0.119 e. The van der Waals surface area contributed by atoms with Crippen molar-refractivity contribution in [2.24, 2.45) is 0 Å². The van der Waals surface area contributed by atoms with Crippen LogP contribution in [0.1, 0.15) is 32.3 Å². The first-order valence-electron chi connectivity index (χ1n) is 6.25. The molecule has 0 radical (unpaired) electrons. The molecule has 90 valence electrons. The molecule has 0 aromatic heterocycles. The molecule has 2 nitrogen and oxygen atoms in total. The third-order valence-corrected chi connectivity index (χ3v) is 2.85. The molecule has 0 aliphatic rings. The Morgan fingerprint density at radius 2 is 1.94 bits per heavy atom. The fourth-order valence-corrected chi connectivity index (χ4v) is 1.48. The van der Waals surface area contributed by atoms with Gasteiger partial charge in [0.15, 0.2) is 0 Å². The van der Waals surface area contributed by atoms with Gasteiger partial charge in [0.2, 0.25) is 0 Å². The van der Waals surface area contributed by atoms with E-state index in [0.29, 0.717) is 0 Å². The summed E-state index contributed by atoms with van der Waals surface area (Å²) >= 11 is 0. The summed E-state index contributed by atoms with van der Waals surface area (Å²) in [6.45, 7) is 8.55. The highest BCUT2D eigenvalue weighted by Gasteiger charge is 2.00. The standard InChI is InChI=1S/C14H23NO/c1-4-13(3)15-10-5-11-16-14-8-6-12(2)7-9-14/h6-9,13,15H,4-5,10-11H2,1-3H3/p+1/t13-/m1/s1. The minimum Gasteiger partial charge on any atom is -0.493 e. The van der Waals surface area contributed by atoms with Crippen molar-refractivity contribution in [3.8, 4) is 5.75 Å². The van der Waals surface area contributed by atoms with E-state index in [-0.39, 0.29) is 0 Å². The van der Waals surface area contributed by atoms with Gasteiger partial charge in [-0.2, -0.15) is 0 Å². The fourth-order valence-electron chi connectivity index (χ4n) is 1.48. The molecule has 1 rings (SSSR count). The molecule has 2 heteroatoms. The summed E-state index contributed by atoms with van der Waals surface area (Å²) in [4.78, 5) is 0. The van der Waals surface area contributed by atoms with Crippen LogP contribution in [0.4, 0.5) is 0 Å². The van der Waals surface area contributed by atoms with Crippen LogP contribution >= 0.6 is 0 Å². The Morgan fingerprint density at radius 3 is 2.56 bits per heavy atom. The van der Waals surface area contributed by atoms with Crippen LogP contribution < -0.4 is 10.1 Å². The van der Waals surface area contributed by atoms with Crippen molar-refractivity contribution in [3.63, 3.8) is 0 Å². The normalized spacial score (nSPS) is 12.4. The lowest BCUT2D eigenvalue weighted by atomic mass is 10.2. The summed E-state index contributed by atoms with van der Waals surface area (Å²) in [7, 11) is 0. The first kappa shape index (κ1) is 13.0. The third-order valence-electron chi connectivity index (χ3n) is 2.85. The van der Waals surface area contributed by atoms with E-state index < -0.39 is 0 Å². The topological polar surface area (TPSA) is 25.8 Å². The third kappa shape index (κ3) is 5.17. The van der Waals surface area contributed by atoms with Gasteiger partial charge in [0, 0.05) is 6.42 Å². The monoisotopic (exact) mass is 222 g/mol. The highest BCUT2D eigenvalue weighted by molar-refractivity contribution is 5.26. The molecule has 0 unspecified atom stereocenters. The van der Waals surface area contributed by atoms with E-state index in [1.807, 2.05) is 12.1 Å². The van der Waals surface area contributed by atoms with Gasteiger partial charge in [-0.3, -0.25) is 0 Å². The SMILES string of the molecule is CC[C@@H](C)[NH2+]CCCOc1ccc(C)cc1. The number of hydrogen-bond donors (Lipinski definition) is 1. The molecule has 0 fully saturated rings. The summed E-state index contributed by atoms with van der Waals surface area (Å²) in [6.07, 6.45) is 2.34. The molecule has 0 amide bonds. The second-order valence-corrected chi connectivity index (χ2v) is 4.42. The average molecular weight is 222 g/mol. The van der Waals surface area contributed by atoms with Crippen molar-refractivity contribution >= 4 is 0 Å².